The van der Waals surface area contributed by atoms with Crippen molar-refractivity contribution in [1.82, 2.24) is 0 Å². The van der Waals surface area contributed by atoms with Crippen molar-refractivity contribution in [3.8, 4) is 5.75 Å². The predicted octanol–water partition coefficient (Wildman–Crippen LogP) is 6.50. The molecule has 3 aromatic rings. The highest BCUT2D eigenvalue weighted by Gasteiger charge is 2.09. The molecule has 0 spiro atoms. The summed E-state index contributed by atoms with van der Waals surface area (Å²) in [5.74, 6) is -0.112. The summed E-state index contributed by atoms with van der Waals surface area (Å²) in [4.78, 5) is 11.7. The first-order chi connectivity index (χ1) is 14.5. The Morgan fingerprint density at radius 2 is 1.77 bits per heavy atom. The summed E-state index contributed by atoms with van der Waals surface area (Å²) in [6.07, 6.45) is 0. The molecule has 0 saturated carbocycles. The van der Waals surface area contributed by atoms with Gasteiger partial charge in [0.15, 0.2) is 0 Å². The molecule has 0 aromatic heterocycles. The molecule has 0 aliphatic rings. The SMILES string of the molecule is CCOC(=O)c1ccc(NCc2cc(Cl)ccc2OCc2ccc(F)cc2Cl)cc1. The third-order valence-corrected chi connectivity index (χ3v) is 4.89. The highest BCUT2D eigenvalue weighted by Crippen LogP contribution is 2.26. The number of halogens is 3. The Bertz CT molecular complexity index is 1030. The van der Waals surface area contributed by atoms with Crippen molar-refractivity contribution in [3.63, 3.8) is 0 Å². The molecule has 156 valence electrons. The van der Waals surface area contributed by atoms with Crippen LogP contribution in [0.15, 0.2) is 60.7 Å². The van der Waals surface area contributed by atoms with Gasteiger partial charge >= 0.3 is 5.97 Å². The molecule has 3 rings (SSSR count). The normalized spacial score (nSPS) is 10.5. The van der Waals surface area contributed by atoms with Gasteiger partial charge in [-0.3, -0.25) is 0 Å². The predicted molar refractivity (Wildman–Crippen MR) is 117 cm³/mol. The average molecular weight is 448 g/mol. The maximum atomic E-state index is 13.2. The third kappa shape index (κ3) is 5.88. The van der Waals surface area contributed by atoms with Crippen LogP contribution in [0.25, 0.3) is 0 Å². The first kappa shape index (κ1) is 21.9. The zero-order valence-electron chi connectivity index (χ0n) is 16.3. The lowest BCUT2D eigenvalue weighted by Gasteiger charge is -2.14. The van der Waals surface area contributed by atoms with E-state index in [1.165, 1.54) is 12.1 Å². The van der Waals surface area contributed by atoms with E-state index in [9.17, 15) is 9.18 Å². The van der Waals surface area contributed by atoms with Gasteiger partial charge in [0, 0.05) is 28.4 Å². The van der Waals surface area contributed by atoms with E-state index in [0.717, 1.165) is 11.3 Å². The summed E-state index contributed by atoms with van der Waals surface area (Å²) in [5.41, 5.74) is 2.84. The lowest BCUT2D eigenvalue weighted by Crippen LogP contribution is -2.06. The fourth-order valence-corrected chi connectivity index (χ4v) is 3.17. The zero-order chi connectivity index (χ0) is 21.5. The van der Waals surface area contributed by atoms with Crippen LogP contribution in [-0.4, -0.2) is 12.6 Å². The number of rotatable bonds is 8. The zero-order valence-corrected chi connectivity index (χ0v) is 17.8. The molecule has 0 fully saturated rings. The largest absolute Gasteiger partial charge is 0.488 e. The van der Waals surface area contributed by atoms with E-state index in [1.54, 1.807) is 49.4 Å². The lowest BCUT2D eigenvalue weighted by molar-refractivity contribution is 0.0526. The molecule has 0 saturated heterocycles. The minimum absolute atomic E-state index is 0.196. The standard InChI is InChI=1S/C23H20Cl2FNO3/c1-2-29-23(28)15-4-8-20(9-5-15)27-13-17-11-18(24)6-10-22(17)30-14-16-3-7-19(26)12-21(16)25/h3-12,27H,2,13-14H2,1H3. The molecule has 0 aliphatic heterocycles. The minimum Gasteiger partial charge on any atom is -0.488 e. The fourth-order valence-electron chi connectivity index (χ4n) is 2.76. The van der Waals surface area contributed by atoms with Gasteiger partial charge in [0.2, 0.25) is 0 Å². The lowest BCUT2D eigenvalue weighted by atomic mass is 10.1. The van der Waals surface area contributed by atoms with Crippen molar-refractivity contribution in [2.75, 3.05) is 11.9 Å². The molecule has 0 amide bonds. The molecule has 3 aromatic carbocycles. The van der Waals surface area contributed by atoms with Crippen LogP contribution in [0.4, 0.5) is 10.1 Å². The Morgan fingerprint density at radius 3 is 2.47 bits per heavy atom. The van der Waals surface area contributed by atoms with Gasteiger partial charge in [0.05, 0.1) is 17.2 Å². The number of benzene rings is 3. The van der Waals surface area contributed by atoms with Crippen LogP contribution in [0.1, 0.15) is 28.4 Å². The van der Waals surface area contributed by atoms with E-state index in [0.29, 0.717) is 40.1 Å². The van der Waals surface area contributed by atoms with Crippen LogP contribution in [0.2, 0.25) is 10.0 Å². The van der Waals surface area contributed by atoms with Crippen molar-refractivity contribution in [1.29, 1.82) is 0 Å². The van der Waals surface area contributed by atoms with Gasteiger partial charge in [-0.15, -0.1) is 0 Å². The van der Waals surface area contributed by atoms with E-state index in [4.69, 9.17) is 32.7 Å². The van der Waals surface area contributed by atoms with Crippen molar-refractivity contribution < 1.29 is 18.7 Å². The van der Waals surface area contributed by atoms with Crippen LogP contribution in [0.5, 0.6) is 5.75 Å². The number of esters is 1. The number of nitrogens with one attached hydrogen (secondary N) is 1. The Balaban J connectivity index is 1.67. The van der Waals surface area contributed by atoms with Crippen molar-refractivity contribution >= 4 is 34.9 Å². The molecule has 1 N–H and O–H groups in total. The first-order valence-corrected chi connectivity index (χ1v) is 10.1. The number of hydrogen-bond acceptors (Lipinski definition) is 4. The molecular formula is C23H20Cl2FNO3. The van der Waals surface area contributed by atoms with Gasteiger partial charge in [0.1, 0.15) is 18.2 Å². The van der Waals surface area contributed by atoms with Crippen molar-refractivity contribution in [2.45, 2.75) is 20.1 Å². The van der Waals surface area contributed by atoms with Crippen molar-refractivity contribution in [3.05, 3.63) is 93.2 Å². The first-order valence-electron chi connectivity index (χ1n) is 9.32. The second kappa shape index (κ2) is 10.3. The third-order valence-electron chi connectivity index (χ3n) is 4.30. The topological polar surface area (TPSA) is 47.6 Å². The Kier molecular flexibility index (Phi) is 7.55. The second-order valence-corrected chi connectivity index (χ2v) is 7.27. The number of ether oxygens (including phenoxy) is 2. The van der Waals surface area contributed by atoms with E-state index in [2.05, 4.69) is 5.32 Å². The van der Waals surface area contributed by atoms with E-state index >= 15 is 0 Å². The summed E-state index contributed by atoms with van der Waals surface area (Å²) in [6, 6.07) is 16.5. The molecule has 0 unspecified atom stereocenters. The summed E-state index contributed by atoms with van der Waals surface area (Å²) in [5, 5.41) is 4.17. The van der Waals surface area contributed by atoms with Crippen LogP contribution in [0.3, 0.4) is 0 Å². The number of anilines is 1. The van der Waals surface area contributed by atoms with E-state index in [1.807, 2.05) is 6.07 Å². The maximum absolute atomic E-state index is 13.2. The molecule has 0 bridgehead atoms. The molecule has 0 atom stereocenters. The summed E-state index contributed by atoms with van der Waals surface area (Å²) in [6.45, 7) is 2.75. The maximum Gasteiger partial charge on any atom is 0.338 e. The summed E-state index contributed by atoms with van der Waals surface area (Å²) >= 11 is 12.2. The van der Waals surface area contributed by atoms with Crippen LogP contribution in [0, 0.1) is 5.82 Å². The molecule has 0 heterocycles. The molecular weight excluding hydrogens is 428 g/mol. The fraction of sp³-hybridized carbons (Fsp3) is 0.174. The number of carbonyl (C=O) groups excluding carboxylic acids is 1. The van der Waals surface area contributed by atoms with Gasteiger partial charge in [0.25, 0.3) is 0 Å². The van der Waals surface area contributed by atoms with Gasteiger partial charge < -0.3 is 14.8 Å². The highest BCUT2D eigenvalue weighted by molar-refractivity contribution is 6.31. The molecule has 0 aliphatic carbocycles. The van der Waals surface area contributed by atoms with E-state index in [-0.39, 0.29) is 12.6 Å². The number of hydrogen-bond donors (Lipinski definition) is 1. The van der Waals surface area contributed by atoms with Gasteiger partial charge in [-0.1, -0.05) is 29.3 Å². The Morgan fingerprint density at radius 1 is 1.00 bits per heavy atom. The van der Waals surface area contributed by atoms with Gasteiger partial charge in [-0.05, 0) is 61.5 Å². The summed E-state index contributed by atoms with van der Waals surface area (Å²) < 4.78 is 24.1. The monoisotopic (exact) mass is 447 g/mol. The molecule has 7 heteroatoms. The molecule has 30 heavy (non-hydrogen) atoms. The molecule has 4 nitrogen and oxygen atoms in total. The van der Waals surface area contributed by atoms with E-state index < -0.39 is 5.82 Å². The number of carbonyl (C=O) groups is 1. The van der Waals surface area contributed by atoms with Crippen LogP contribution >= 0.6 is 23.2 Å². The van der Waals surface area contributed by atoms with Crippen molar-refractivity contribution in [2.24, 2.45) is 0 Å². The summed E-state index contributed by atoms with van der Waals surface area (Å²) in [7, 11) is 0. The van der Waals surface area contributed by atoms with Gasteiger partial charge in [-0.2, -0.15) is 0 Å². The Labute approximate surface area is 184 Å². The second-order valence-electron chi connectivity index (χ2n) is 6.43. The highest BCUT2D eigenvalue weighted by atomic mass is 35.5. The molecule has 0 radical (unpaired) electrons. The quantitative estimate of drug-likeness (QED) is 0.400. The average Bonchev–Trinajstić information content (AvgIpc) is 2.73. The van der Waals surface area contributed by atoms with Crippen LogP contribution < -0.4 is 10.1 Å². The van der Waals surface area contributed by atoms with Crippen LogP contribution in [-0.2, 0) is 17.9 Å². The smallest absolute Gasteiger partial charge is 0.338 e. The Hall–Kier alpha value is -2.76. The minimum atomic E-state index is -0.394. The van der Waals surface area contributed by atoms with Gasteiger partial charge in [-0.25, -0.2) is 9.18 Å².